The summed E-state index contributed by atoms with van der Waals surface area (Å²) >= 11 is 0. The molecule has 5 aromatic rings. The minimum absolute atomic E-state index is 0.142. The number of nitrogens with zero attached hydrogens (tertiary/aromatic N) is 3. The van der Waals surface area contributed by atoms with E-state index in [9.17, 15) is 9.18 Å². The minimum atomic E-state index is -0.270. The van der Waals surface area contributed by atoms with Crippen LogP contribution in [0.25, 0.3) is 17.0 Å². The fourth-order valence-electron chi connectivity index (χ4n) is 3.87. The van der Waals surface area contributed by atoms with Crippen molar-refractivity contribution in [3.05, 3.63) is 112 Å². The number of aromatic nitrogens is 5. The Morgan fingerprint density at radius 1 is 0.909 bits per heavy atom. The molecule has 166 valence electrons. The first-order valence-corrected chi connectivity index (χ1v) is 10.8. The van der Waals surface area contributed by atoms with Gasteiger partial charge < -0.3 is 10.3 Å². The highest BCUT2D eigenvalue weighted by molar-refractivity contribution is 5.75. The van der Waals surface area contributed by atoms with Gasteiger partial charge in [-0.3, -0.25) is 14.9 Å². The predicted molar refractivity (Wildman–Crippen MR) is 125 cm³/mol. The molecule has 2 aromatic carbocycles. The van der Waals surface area contributed by atoms with Gasteiger partial charge in [0.15, 0.2) is 0 Å². The van der Waals surface area contributed by atoms with E-state index in [4.69, 9.17) is 0 Å². The summed E-state index contributed by atoms with van der Waals surface area (Å²) in [6, 6.07) is 17.9. The van der Waals surface area contributed by atoms with Crippen molar-refractivity contribution in [2.24, 2.45) is 0 Å². The maximum Gasteiger partial charge on any atom is 0.277 e. The van der Waals surface area contributed by atoms with Gasteiger partial charge in [0.25, 0.3) is 5.56 Å². The second-order valence-electron chi connectivity index (χ2n) is 7.87. The molecule has 0 radical (unpaired) electrons. The highest BCUT2D eigenvalue weighted by Crippen LogP contribution is 2.14. The van der Waals surface area contributed by atoms with E-state index in [1.165, 1.54) is 16.8 Å². The van der Waals surface area contributed by atoms with Gasteiger partial charge >= 0.3 is 0 Å². The molecule has 3 aromatic heterocycles. The van der Waals surface area contributed by atoms with Crippen LogP contribution in [0.15, 0.2) is 77.9 Å². The molecule has 8 heteroatoms. The molecule has 0 saturated heterocycles. The number of nitrogens with one attached hydrogen (secondary N) is 3. The van der Waals surface area contributed by atoms with E-state index < -0.39 is 0 Å². The molecule has 3 N–H and O–H groups in total. The van der Waals surface area contributed by atoms with Gasteiger partial charge in [0.05, 0.1) is 16.7 Å². The quantitative estimate of drug-likeness (QED) is 0.342. The summed E-state index contributed by atoms with van der Waals surface area (Å²) in [5.41, 5.74) is 5.08. The molecule has 0 aliphatic heterocycles. The molecular weight excluding hydrogens is 419 g/mol. The molecule has 0 fully saturated rings. The summed E-state index contributed by atoms with van der Waals surface area (Å²) in [7, 11) is 0. The number of aromatic amines is 2. The van der Waals surface area contributed by atoms with Crippen LogP contribution in [-0.2, 0) is 25.9 Å². The van der Waals surface area contributed by atoms with Crippen LogP contribution >= 0.6 is 0 Å². The van der Waals surface area contributed by atoms with Gasteiger partial charge in [0.1, 0.15) is 5.82 Å². The zero-order valence-electron chi connectivity index (χ0n) is 17.9. The third-order valence-corrected chi connectivity index (χ3v) is 5.62. The average Bonchev–Trinajstić information content (AvgIpc) is 3.40. The van der Waals surface area contributed by atoms with Crippen molar-refractivity contribution in [3.8, 4) is 5.95 Å². The van der Waals surface area contributed by atoms with Gasteiger partial charge in [-0.1, -0.05) is 24.3 Å². The average molecular weight is 442 g/mol. The molecule has 0 spiro atoms. The maximum atomic E-state index is 13.4. The molecule has 3 heterocycles. The van der Waals surface area contributed by atoms with Crippen molar-refractivity contribution in [2.75, 3.05) is 0 Å². The Kier molecular flexibility index (Phi) is 5.82. The largest absolute Gasteiger partial charge is 0.322 e. The molecular formula is C25H23FN6O. The number of benzene rings is 2. The van der Waals surface area contributed by atoms with Gasteiger partial charge in [-0.05, 0) is 60.4 Å². The number of hydrogen-bond donors (Lipinski definition) is 3. The molecule has 0 amide bonds. The van der Waals surface area contributed by atoms with Gasteiger partial charge in [-0.25, -0.2) is 9.37 Å². The summed E-state index contributed by atoms with van der Waals surface area (Å²) in [4.78, 5) is 25.2. The Morgan fingerprint density at radius 2 is 1.70 bits per heavy atom. The number of halogens is 1. The lowest BCUT2D eigenvalue weighted by atomic mass is 10.0. The van der Waals surface area contributed by atoms with Gasteiger partial charge in [0.2, 0.25) is 5.95 Å². The lowest BCUT2D eigenvalue weighted by molar-refractivity contribution is 0.627. The second kappa shape index (κ2) is 9.22. The summed E-state index contributed by atoms with van der Waals surface area (Å²) in [5.74, 6) is 0.179. The first kappa shape index (κ1) is 20.8. The normalized spacial score (nSPS) is 11.3. The monoisotopic (exact) mass is 442 g/mol. The number of fused-ring (bicyclic) bond motifs is 1. The Morgan fingerprint density at radius 3 is 2.48 bits per heavy atom. The van der Waals surface area contributed by atoms with E-state index in [0.29, 0.717) is 37.4 Å². The van der Waals surface area contributed by atoms with E-state index in [-0.39, 0.29) is 11.4 Å². The Labute approximate surface area is 189 Å². The van der Waals surface area contributed by atoms with Crippen molar-refractivity contribution in [3.63, 3.8) is 0 Å². The van der Waals surface area contributed by atoms with Gasteiger partial charge in [0, 0.05) is 31.0 Å². The zero-order valence-corrected chi connectivity index (χ0v) is 17.9. The number of H-pyrrole nitrogens is 2. The topological polar surface area (TPSA) is 91.4 Å². The molecule has 5 rings (SSSR count). The smallest absolute Gasteiger partial charge is 0.277 e. The van der Waals surface area contributed by atoms with Crippen LogP contribution in [0, 0.1) is 5.82 Å². The van der Waals surface area contributed by atoms with Gasteiger partial charge in [-0.2, -0.15) is 4.68 Å². The highest BCUT2D eigenvalue weighted by Gasteiger charge is 2.17. The first-order valence-electron chi connectivity index (χ1n) is 10.8. The summed E-state index contributed by atoms with van der Waals surface area (Å²) < 4.78 is 14.7. The van der Waals surface area contributed by atoms with Crippen LogP contribution in [0.4, 0.5) is 4.39 Å². The number of rotatable bonds is 8. The van der Waals surface area contributed by atoms with Crippen LogP contribution < -0.4 is 10.9 Å². The lowest BCUT2D eigenvalue weighted by Crippen LogP contribution is -2.19. The number of para-hydroxylation sites is 2. The Hall–Kier alpha value is -4.04. The van der Waals surface area contributed by atoms with Gasteiger partial charge in [-0.15, -0.1) is 0 Å². The lowest BCUT2D eigenvalue weighted by Gasteiger charge is -2.06. The van der Waals surface area contributed by atoms with Crippen LogP contribution in [0.3, 0.4) is 0 Å². The third-order valence-electron chi connectivity index (χ3n) is 5.62. The fraction of sp³-hybridized carbons (Fsp3) is 0.160. The molecule has 33 heavy (non-hydrogen) atoms. The zero-order chi connectivity index (χ0) is 22.6. The van der Waals surface area contributed by atoms with Crippen LogP contribution in [0.2, 0.25) is 0 Å². The summed E-state index contributed by atoms with van der Waals surface area (Å²) in [5, 5.41) is 6.63. The van der Waals surface area contributed by atoms with Crippen molar-refractivity contribution in [2.45, 2.75) is 25.9 Å². The first-order chi connectivity index (χ1) is 16.2. The molecule has 0 aliphatic rings. The van der Waals surface area contributed by atoms with Crippen molar-refractivity contribution in [1.82, 2.24) is 30.0 Å². The molecule has 7 nitrogen and oxygen atoms in total. The summed E-state index contributed by atoms with van der Waals surface area (Å²) in [6.07, 6.45) is 4.67. The number of pyridine rings is 1. The minimum Gasteiger partial charge on any atom is -0.322 e. The van der Waals surface area contributed by atoms with Crippen LogP contribution in [0.5, 0.6) is 0 Å². The highest BCUT2D eigenvalue weighted by atomic mass is 19.1. The van der Waals surface area contributed by atoms with E-state index in [2.05, 4.69) is 25.4 Å². The molecule has 0 bridgehead atoms. The Bertz CT molecular complexity index is 1390. The fourth-order valence-corrected chi connectivity index (χ4v) is 3.87. The predicted octanol–water partition coefficient (Wildman–Crippen LogP) is 3.65. The molecule has 0 unspecified atom stereocenters. The number of imidazole rings is 1. The third kappa shape index (κ3) is 4.61. The molecule has 0 atom stereocenters. The van der Waals surface area contributed by atoms with Crippen molar-refractivity contribution < 1.29 is 4.39 Å². The Balaban J connectivity index is 1.43. The maximum absolute atomic E-state index is 13.4. The molecule has 0 aliphatic carbocycles. The standard InChI is InChI=1S/C25H23FN6O/c26-19-8-5-17(6-9-19)7-10-20-23(16-28-15-18-11-13-27-14-12-18)31-32(24(20)33)25-29-21-3-1-2-4-22(21)30-25/h1-6,8-9,11-14,28,31H,7,10,15-16H2,(H,29,30). The second-order valence-corrected chi connectivity index (χ2v) is 7.87. The molecule has 0 saturated carbocycles. The van der Waals surface area contributed by atoms with Crippen LogP contribution in [0.1, 0.15) is 22.4 Å². The number of hydrogen-bond acceptors (Lipinski definition) is 4. The summed E-state index contributed by atoms with van der Waals surface area (Å²) in [6.45, 7) is 1.14. The van der Waals surface area contributed by atoms with Crippen LogP contribution in [-0.4, -0.2) is 24.7 Å². The van der Waals surface area contributed by atoms with E-state index in [1.54, 1.807) is 24.5 Å². The SMILES string of the molecule is O=c1c(CCc2ccc(F)cc2)c(CNCc2ccncc2)[nH]n1-c1nc2ccccc2[nH]1. The van der Waals surface area contributed by atoms with E-state index in [0.717, 1.165) is 27.9 Å². The van der Waals surface area contributed by atoms with E-state index in [1.807, 2.05) is 36.4 Å². The number of aryl methyl sites for hydroxylation is 1. The van der Waals surface area contributed by atoms with Crippen molar-refractivity contribution >= 4 is 11.0 Å². The van der Waals surface area contributed by atoms with Crippen molar-refractivity contribution in [1.29, 1.82) is 0 Å². The van der Waals surface area contributed by atoms with E-state index >= 15 is 0 Å².